The molecular weight excluding hydrogens is 626 g/mol. The third-order valence-corrected chi connectivity index (χ3v) is 8.68. The average molecular weight is 686 g/mol. The number of amides is 1. The summed E-state index contributed by atoms with van der Waals surface area (Å²) in [5, 5.41) is 2.72. The van der Waals surface area contributed by atoms with E-state index in [0.717, 1.165) is 0 Å². The molecule has 0 spiro atoms. The van der Waals surface area contributed by atoms with Crippen molar-refractivity contribution >= 4 is 20.9 Å². The normalized spacial score (nSPS) is 11.5. The SMILES string of the molecule is C=C(C)C(=O)OCCOCCOCCOCCOCCOCCOCCOCCOC(=O)NCCC[Si](OCC)(OCC)OCC. The number of hydrogen-bond donors (Lipinski definition) is 1. The van der Waals surface area contributed by atoms with Gasteiger partial charge in [0.2, 0.25) is 0 Å². The van der Waals surface area contributed by atoms with Gasteiger partial charge in [0.25, 0.3) is 0 Å². The zero-order valence-corrected chi connectivity index (χ0v) is 29.5. The van der Waals surface area contributed by atoms with Gasteiger partial charge < -0.3 is 61.2 Å². The number of alkyl carbamates (subject to hydrolysis) is 1. The van der Waals surface area contributed by atoms with E-state index in [-0.39, 0.29) is 19.8 Å². The Morgan fingerprint density at radius 3 is 1.20 bits per heavy atom. The minimum Gasteiger partial charge on any atom is -0.460 e. The van der Waals surface area contributed by atoms with Crippen LogP contribution in [0.4, 0.5) is 4.79 Å². The average Bonchev–Trinajstić information content (AvgIpc) is 3.03. The summed E-state index contributed by atoms with van der Waals surface area (Å²) in [6, 6.07) is 0.623. The maximum atomic E-state index is 11.8. The highest BCUT2D eigenvalue weighted by atomic mass is 28.4. The summed E-state index contributed by atoms with van der Waals surface area (Å²) in [6.07, 6.45) is 0.171. The Kier molecular flexibility index (Phi) is 32.0. The van der Waals surface area contributed by atoms with Crippen LogP contribution in [-0.2, 0) is 60.7 Å². The molecule has 0 unspecified atom stereocenters. The second-order valence-corrected chi connectivity index (χ2v) is 12.1. The van der Waals surface area contributed by atoms with Gasteiger partial charge in [-0.25, -0.2) is 9.59 Å². The lowest BCUT2D eigenvalue weighted by Gasteiger charge is -2.28. The first-order chi connectivity index (χ1) is 22.4. The number of esters is 1. The highest BCUT2D eigenvalue weighted by molar-refractivity contribution is 6.60. The second-order valence-electron chi connectivity index (χ2n) is 9.35. The van der Waals surface area contributed by atoms with Gasteiger partial charge in [-0.15, -0.1) is 0 Å². The first-order valence-electron chi connectivity index (χ1n) is 16.1. The topological polar surface area (TPSA) is 157 Å². The van der Waals surface area contributed by atoms with Crippen molar-refractivity contribution in [3.05, 3.63) is 12.2 Å². The van der Waals surface area contributed by atoms with E-state index in [4.69, 9.17) is 55.9 Å². The molecule has 0 saturated heterocycles. The fourth-order valence-electron chi connectivity index (χ4n) is 3.48. The summed E-state index contributed by atoms with van der Waals surface area (Å²) in [5.74, 6) is -0.419. The van der Waals surface area contributed by atoms with Crippen LogP contribution in [-0.4, -0.2) is 153 Å². The Hall–Kier alpha value is -1.70. The number of hydrogen-bond acceptors (Lipinski definition) is 14. The first-order valence-corrected chi connectivity index (χ1v) is 18.0. The van der Waals surface area contributed by atoms with E-state index in [2.05, 4.69) is 11.9 Å². The Morgan fingerprint density at radius 1 is 0.543 bits per heavy atom. The molecule has 1 N–H and O–H groups in total. The van der Waals surface area contributed by atoms with Crippen LogP contribution >= 0.6 is 0 Å². The van der Waals surface area contributed by atoms with Crippen molar-refractivity contribution in [2.24, 2.45) is 0 Å². The minimum atomic E-state index is -2.70. The molecule has 0 radical (unpaired) electrons. The van der Waals surface area contributed by atoms with Gasteiger partial charge in [0, 0.05) is 38.0 Å². The molecule has 1 amide bonds. The van der Waals surface area contributed by atoms with Crippen molar-refractivity contribution in [1.29, 1.82) is 0 Å². The number of rotatable bonds is 35. The monoisotopic (exact) mass is 685 g/mol. The summed E-state index contributed by atoms with van der Waals surface area (Å²) in [5.41, 5.74) is 0.364. The molecule has 0 atom stereocenters. The van der Waals surface area contributed by atoms with E-state index in [1.54, 1.807) is 6.92 Å². The Balaban J connectivity index is 3.35. The molecule has 0 aromatic heterocycles. The van der Waals surface area contributed by atoms with Crippen molar-refractivity contribution in [1.82, 2.24) is 5.32 Å². The maximum absolute atomic E-state index is 11.8. The lowest BCUT2D eigenvalue weighted by Crippen LogP contribution is -2.46. The van der Waals surface area contributed by atoms with Crippen molar-refractivity contribution in [3.63, 3.8) is 0 Å². The van der Waals surface area contributed by atoms with Gasteiger partial charge >= 0.3 is 20.9 Å². The zero-order valence-electron chi connectivity index (χ0n) is 28.5. The standard InChI is InChI=1S/C30H59NO14Si/c1-6-43-46(44-7-2,45-8-3)27-9-10-31-30(33)42-26-24-40-22-20-38-18-16-36-14-12-34-11-13-35-15-17-37-19-21-39-23-25-41-29(32)28(4)5/h4,6-27H2,1-3,5H3,(H,31,33). The molecule has 0 saturated carbocycles. The fraction of sp³-hybridized carbons (Fsp3) is 0.867. The number of nitrogens with one attached hydrogen (secondary N) is 1. The third-order valence-electron chi connectivity index (χ3n) is 5.52. The predicted molar refractivity (Wildman–Crippen MR) is 171 cm³/mol. The summed E-state index contributed by atoms with van der Waals surface area (Å²) < 4.78 is 65.3. The van der Waals surface area contributed by atoms with Crippen LogP contribution in [0.15, 0.2) is 12.2 Å². The molecule has 0 aromatic rings. The first kappa shape index (κ1) is 44.3. The molecule has 0 aliphatic carbocycles. The Morgan fingerprint density at radius 2 is 0.870 bits per heavy atom. The van der Waals surface area contributed by atoms with Crippen molar-refractivity contribution in [2.75, 3.05) is 132 Å². The van der Waals surface area contributed by atoms with Gasteiger partial charge in [0.1, 0.15) is 13.2 Å². The van der Waals surface area contributed by atoms with Gasteiger partial charge in [-0.2, -0.15) is 0 Å². The van der Waals surface area contributed by atoms with Crippen LogP contribution in [0.3, 0.4) is 0 Å². The zero-order chi connectivity index (χ0) is 34.0. The highest BCUT2D eigenvalue weighted by Gasteiger charge is 2.39. The van der Waals surface area contributed by atoms with E-state index < -0.39 is 20.9 Å². The van der Waals surface area contributed by atoms with Crippen LogP contribution in [0.5, 0.6) is 0 Å². The molecule has 272 valence electrons. The molecular formula is C30H59NO14Si. The lowest BCUT2D eigenvalue weighted by molar-refractivity contribution is -0.140. The second kappa shape index (κ2) is 33.2. The van der Waals surface area contributed by atoms with Crippen LogP contribution in [0.1, 0.15) is 34.1 Å². The van der Waals surface area contributed by atoms with Crippen molar-refractivity contribution in [3.8, 4) is 0 Å². The van der Waals surface area contributed by atoms with Gasteiger partial charge in [0.15, 0.2) is 0 Å². The molecule has 0 aliphatic rings. The molecule has 15 nitrogen and oxygen atoms in total. The number of ether oxygens (including phenoxy) is 9. The maximum Gasteiger partial charge on any atom is 0.500 e. The van der Waals surface area contributed by atoms with E-state index in [1.807, 2.05) is 20.8 Å². The largest absolute Gasteiger partial charge is 0.500 e. The molecule has 0 heterocycles. The van der Waals surface area contributed by atoms with E-state index in [9.17, 15) is 9.59 Å². The van der Waals surface area contributed by atoms with Gasteiger partial charge in [-0.05, 0) is 34.1 Å². The van der Waals surface area contributed by atoms with Gasteiger partial charge in [-0.1, -0.05) is 6.58 Å². The van der Waals surface area contributed by atoms with Crippen molar-refractivity contribution in [2.45, 2.75) is 40.2 Å². The Bertz CT molecular complexity index is 717. The van der Waals surface area contributed by atoms with Crippen LogP contribution in [0, 0.1) is 0 Å². The highest BCUT2D eigenvalue weighted by Crippen LogP contribution is 2.17. The molecule has 0 fully saturated rings. The lowest BCUT2D eigenvalue weighted by atomic mass is 10.4. The predicted octanol–water partition coefficient (Wildman–Crippen LogP) is 2.39. The van der Waals surface area contributed by atoms with Gasteiger partial charge in [0.05, 0.1) is 92.5 Å². The van der Waals surface area contributed by atoms with E-state index in [0.29, 0.717) is 130 Å². The molecule has 16 heteroatoms. The van der Waals surface area contributed by atoms with Crippen LogP contribution in [0.25, 0.3) is 0 Å². The van der Waals surface area contributed by atoms with Crippen molar-refractivity contribution < 1.29 is 65.5 Å². The van der Waals surface area contributed by atoms with Crippen LogP contribution < -0.4 is 5.32 Å². The summed E-state index contributed by atoms with van der Waals surface area (Å²) in [7, 11) is -2.70. The molecule has 0 rings (SSSR count). The summed E-state index contributed by atoms with van der Waals surface area (Å²) >= 11 is 0. The minimum absolute atomic E-state index is 0.151. The quantitative estimate of drug-likeness (QED) is 0.0449. The molecule has 0 aliphatic heterocycles. The van der Waals surface area contributed by atoms with E-state index >= 15 is 0 Å². The summed E-state index contributed by atoms with van der Waals surface area (Å²) in [6.45, 7) is 19.1. The number of carbonyl (C=O) groups excluding carboxylic acids is 2. The summed E-state index contributed by atoms with van der Waals surface area (Å²) in [4.78, 5) is 23.0. The van der Waals surface area contributed by atoms with Crippen LogP contribution in [0.2, 0.25) is 6.04 Å². The molecule has 0 bridgehead atoms. The Labute approximate surface area is 276 Å². The molecule has 46 heavy (non-hydrogen) atoms. The third kappa shape index (κ3) is 28.5. The fourth-order valence-corrected chi connectivity index (χ4v) is 6.09. The van der Waals surface area contributed by atoms with Gasteiger partial charge in [-0.3, -0.25) is 0 Å². The number of carbonyl (C=O) groups is 2. The van der Waals surface area contributed by atoms with E-state index in [1.165, 1.54) is 0 Å². The smallest absolute Gasteiger partial charge is 0.460 e. The molecule has 0 aromatic carbocycles.